The van der Waals surface area contributed by atoms with Gasteiger partial charge in [0, 0.05) is 11.6 Å². The molecule has 0 spiro atoms. The van der Waals surface area contributed by atoms with Crippen molar-refractivity contribution < 1.29 is 13.9 Å². The Kier molecular flexibility index (Phi) is 7.39. The van der Waals surface area contributed by atoms with Crippen molar-refractivity contribution in [1.82, 2.24) is 20.1 Å². The Bertz CT molecular complexity index is 881. The molecule has 2 heterocycles. The van der Waals surface area contributed by atoms with Crippen molar-refractivity contribution in [2.75, 3.05) is 12.3 Å². The van der Waals surface area contributed by atoms with Crippen molar-refractivity contribution >= 4 is 29.3 Å². The zero-order valence-electron chi connectivity index (χ0n) is 15.4. The van der Waals surface area contributed by atoms with Crippen LogP contribution in [0.4, 0.5) is 0 Å². The van der Waals surface area contributed by atoms with Gasteiger partial charge in [0.25, 0.3) is 0 Å². The van der Waals surface area contributed by atoms with Crippen LogP contribution in [0.2, 0.25) is 5.02 Å². The van der Waals surface area contributed by atoms with E-state index >= 15 is 0 Å². The molecule has 0 bridgehead atoms. The van der Waals surface area contributed by atoms with E-state index in [0.717, 1.165) is 12.2 Å². The van der Waals surface area contributed by atoms with Gasteiger partial charge in [-0.25, -0.2) is 0 Å². The van der Waals surface area contributed by atoms with Crippen LogP contribution in [0.3, 0.4) is 0 Å². The van der Waals surface area contributed by atoms with E-state index in [0.29, 0.717) is 34.8 Å². The highest BCUT2D eigenvalue weighted by atomic mass is 35.5. The molecule has 0 radical (unpaired) electrons. The van der Waals surface area contributed by atoms with Crippen LogP contribution >= 0.6 is 23.4 Å². The Morgan fingerprint density at radius 2 is 2.11 bits per heavy atom. The van der Waals surface area contributed by atoms with E-state index in [-0.39, 0.29) is 18.3 Å². The summed E-state index contributed by atoms with van der Waals surface area (Å²) in [5.41, 5.74) is 0. The fraction of sp³-hybridized carbons (Fsp3) is 0.316. The van der Waals surface area contributed by atoms with Crippen LogP contribution in [0.15, 0.2) is 52.2 Å². The predicted octanol–water partition coefficient (Wildman–Crippen LogP) is 3.77. The average molecular weight is 421 g/mol. The van der Waals surface area contributed by atoms with Crippen molar-refractivity contribution in [3.8, 4) is 5.75 Å². The zero-order valence-corrected chi connectivity index (χ0v) is 17.0. The maximum absolute atomic E-state index is 11.9. The summed E-state index contributed by atoms with van der Waals surface area (Å²) >= 11 is 7.24. The molecule has 0 atom stereocenters. The number of rotatable bonds is 10. The smallest absolute Gasteiger partial charge is 0.230 e. The molecule has 1 amide bonds. The first-order chi connectivity index (χ1) is 13.7. The number of nitrogens with one attached hydrogen (secondary N) is 1. The highest BCUT2D eigenvalue weighted by molar-refractivity contribution is 7.99. The number of halogens is 1. The Labute approximate surface area is 172 Å². The second kappa shape index (κ2) is 10.2. The monoisotopic (exact) mass is 420 g/mol. The number of furan rings is 1. The van der Waals surface area contributed by atoms with Gasteiger partial charge in [-0.15, -0.1) is 10.2 Å². The lowest BCUT2D eigenvalue weighted by atomic mass is 10.3. The molecule has 0 aliphatic heterocycles. The molecule has 9 heteroatoms. The zero-order chi connectivity index (χ0) is 19.8. The number of thioether (sulfide) groups is 1. The fourth-order valence-electron chi connectivity index (χ4n) is 2.37. The lowest BCUT2D eigenvalue weighted by Gasteiger charge is -2.10. The maximum Gasteiger partial charge on any atom is 0.230 e. The molecule has 0 aliphatic rings. The Morgan fingerprint density at radius 1 is 1.29 bits per heavy atom. The Morgan fingerprint density at radius 3 is 2.82 bits per heavy atom. The largest absolute Gasteiger partial charge is 0.486 e. The van der Waals surface area contributed by atoms with Crippen LogP contribution in [0.1, 0.15) is 24.9 Å². The van der Waals surface area contributed by atoms with Crippen LogP contribution in [0, 0.1) is 0 Å². The molecule has 3 rings (SSSR count). The number of amides is 1. The van der Waals surface area contributed by atoms with Crippen LogP contribution in [0.5, 0.6) is 5.75 Å². The summed E-state index contributed by atoms with van der Waals surface area (Å²) in [6, 6.07) is 10.8. The third kappa shape index (κ3) is 5.77. The minimum absolute atomic E-state index is 0.0293. The molecular formula is C19H21ClN4O3S. The van der Waals surface area contributed by atoms with E-state index in [1.807, 2.05) is 23.6 Å². The van der Waals surface area contributed by atoms with E-state index in [9.17, 15) is 4.79 Å². The molecule has 148 valence electrons. The summed E-state index contributed by atoms with van der Waals surface area (Å²) in [6.07, 6.45) is 2.52. The predicted molar refractivity (Wildman–Crippen MR) is 108 cm³/mol. The number of aromatic nitrogens is 3. The number of benzene rings is 1. The van der Waals surface area contributed by atoms with Crippen molar-refractivity contribution in [3.05, 3.63) is 59.3 Å². The lowest BCUT2D eigenvalue weighted by molar-refractivity contribution is -0.118. The minimum Gasteiger partial charge on any atom is -0.486 e. The van der Waals surface area contributed by atoms with Gasteiger partial charge in [0.1, 0.15) is 18.1 Å². The summed E-state index contributed by atoms with van der Waals surface area (Å²) in [6.45, 7) is 3.37. The maximum atomic E-state index is 11.9. The summed E-state index contributed by atoms with van der Waals surface area (Å²) in [5.74, 6) is 2.34. The van der Waals surface area contributed by atoms with Gasteiger partial charge < -0.3 is 14.5 Å². The van der Waals surface area contributed by atoms with E-state index in [2.05, 4.69) is 15.5 Å². The summed E-state index contributed by atoms with van der Waals surface area (Å²) in [5, 5.41) is 12.6. The third-order valence-corrected chi connectivity index (χ3v) is 4.99. The van der Waals surface area contributed by atoms with Crippen LogP contribution < -0.4 is 10.1 Å². The first kappa shape index (κ1) is 20.3. The van der Waals surface area contributed by atoms with Gasteiger partial charge in [-0.05, 0) is 42.8 Å². The van der Waals surface area contributed by atoms with Crippen LogP contribution in [-0.4, -0.2) is 33.0 Å². The third-order valence-electron chi connectivity index (χ3n) is 3.77. The number of nitrogens with zero attached hydrogens (tertiary/aromatic N) is 3. The number of carbonyl (C=O) groups excluding carboxylic acids is 1. The average Bonchev–Trinajstić information content (AvgIpc) is 3.35. The quantitative estimate of drug-likeness (QED) is 0.503. The van der Waals surface area contributed by atoms with Gasteiger partial charge in [-0.1, -0.05) is 30.3 Å². The van der Waals surface area contributed by atoms with Gasteiger partial charge in [0.05, 0.1) is 18.6 Å². The number of ether oxygens (including phenoxy) is 1. The fourth-order valence-corrected chi connectivity index (χ4v) is 3.29. The van der Waals surface area contributed by atoms with Crippen molar-refractivity contribution in [3.63, 3.8) is 0 Å². The van der Waals surface area contributed by atoms with E-state index < -0.39 is 0 Å². The second-order valence-corrected chi connectivity index (χ2v) is 7.32. The van der Waals surface area contributed by atoms with Gasteiger partial charge >= 0.3 is 0 Å². The molecular weight excluding hydrogens is 400 g/mol. The topological polar surface area (TPSA) is 82.2 Å². The van der Waals surface area contributed by atoms with Crippen LogP contribution in [-0.2, 0) is 17.9 Å². The highest BCUT2D eigenvalue weighted by Gasteiger charge is 2.16. The van der Waals surface area contributed by atoms with Gasteiger partial charge in [0.2, 0.25) is 5.91 Å². The van der Waals surface area contributed by atoms with Gasteiger partial charge in [0.15, 0.2) is 11.0 Å². The van der Waals surface area contributed by atoms with Gasteiger partial charge in [-0.3, -0.25) is 9.36 Å². The van der Waals surface area contributed by atoms with E-state index in [1.165, 1.54) is 11.8 Å². The molecule has 0 saturated carbocycles. The van der Waals surface area contributed by atoms with Crippen molar-refractivity contribution in [2.24, 2.45) is 0 Å². The summed E-state index contributed by atoms with van der Waals surface area (Å²) in [7, 11) is 0. The Balaban J connectivity index is 1.70. The first-order valence-electron chi connectivity index (χ1n) is 8.88. The molecule has 28 heavy (non-hydrogen) atoms. The molecule has 0 unspecified atom stereocenters. The summed E-state index contributed by atoms with van der Waals surface area (Å²) in [4.78, 5) is 11.9. The molecule has 0 fully saturated rings. The van der Waals surface area contributed by atoms with Crippen molar-refractivity contribution in [2.45, 2.75) is 31.7 Å². The standard InChI is InChI=1S/C19H21ClN4O3S/c1-2-9-21-18(25)13-28-19-23-22-17(24(19)11-16-4-3-10-26-16)12-27-15-7-5-14(20)6-8-15/h3-8,10H,2,9,11-13H2,1H3,(H,21,25). The van der Waals surface area contributed by atoms with Crippen molar-refractivity contribution in [1.29, 1.82) is 0 Å². The SMILES string of the molecule is CCCNC(=O)CSc1nnc(COc2ccc(Cl)cc2)n1Cc1ccco1. The number of hydrogen-bond donors (Lipinski definition) is 1. The molecule has 1 N–H and O–H groups in total. The molecule has 3 aromatic rings. The minimum atomic E-state index is -0.0293. The van der Waals surface area contributed by atoms with E-state index in [4.69, 9.17) is 20.8 Å². The number of hydrogen-bond acceptors (Lipinski definition) is 6. The molecule has 0 aliphatic carbocycles. The Hall–Kier alpha value is -2.45. The van der Waals surface area contributed by atoms with E-state index in [1.54, 1.807) is 30.5 Å². The first-order valence-corrected chi connectivity index (χ1v) is 10.2. The second-order valence-electron chi connectivity index (χ2n) is 5.95. The molecule has 1 aromatic carbocycles. The molecule has 0 saturated heterocycles. The van der Waals surface area contributed by atoms with Gasteiger partial charge in [-0.2, -0.15) is 0 Å². The normalized spacial score (nSPS) is 10.8. The molecule has 7 nitrogen and oxygen atoms in total. The number of carbonyl (C=O) groups is 1. The lowest BCUT2D eigenvalue weighted by Crippen LogP contribution is -2.25. The summed E-state index contributed by atoms with van der Waals surface area (Å²) < 4.78 is 13.1. The van der Waals surface area contributed by atoms with Crippen LogP contribution in [0.25, 0.3) is 0 Å². The molecule has 2 aromatic heterocycles. The highest BCUT2D eigenvalue weighted by Crippen LogP contribution is 2.21.